The molecular weight excluding hydrogens is 416 g/mol. The molecule has 1 aliphatic heterocycles. The average Bonchev–Trinajstić information content (AvgIpc) is 3.34. The maximum Gasteiger partial charge on any atom is 0.325 e. The lowest BCUT2D eigenvalue weighted by Crippen LogP contribution is -2.64. The van der Waals surface area contributed by atoms with Crippen molar-refractivity contribution in [2.45, 2.75) is 68.5 Å². The first-order valence-electron chi connectivity index (χ1n) is 11.8. The molecule has 4 atom stereocenters. The van der Waals surface area contributed by atoms with Crippen molar-refractivity contribution in [1.29, 1.82) is 0 Å². The number of benzene rings is 2. The molecule has 5 rings (SSSR count). The van der Waals surface area contributed by atoms with E-state index in [9.17, 15) is 19.5 Å². The Hall–Kier alpha value is -2.99. The van der Waals surface area contributed by atoms with E-state index in [1.807, 2.05) is 66.4 Å². The van der Waals surface area contributed by atoms with E-state index in [2.05, 4.69) is 5.32 Å². The summed E-state index contributed by atoms with van der Waals surface area (Å²) in [6, 6.07) is 16.8. The Labute approximate surface area is 194 Å². The third-order valence-corrected chi connectivity index (χ3v) is 7.90. The largest absolute Gasteiger partial charge is 0.480 e. The highest BCUT2D eigenvalue weighted by molar-refractivity contribution is 6.07. The van der Waals surface area contributed by atoms with Gasteiger partial charge >= 0.3 is 5.97 Å². The van der Waals surface area contributed by atoms with Crippen molar-refractivity contribution in [1.82, 2.24) is 5.32 Å². The van der Waals surface area contributed by atoms with Gasteiger partial charge in [-0.3, -0.25) is 14.9 Å². The van der Waals surface area contributed by atoms with Crippen LogP contribution >= 0.6 is 0 Å². The molecule has 0 bridgehead atoms. The molecule has 2 N–H and O–H groups in total. The monoisotopic (exact) mass is 446 g/mol. The van der Waals surface area contributed by atoms with E-state index in [1.54, 1.807) is 0 Å². The van der Waals surface area contributed by atoms with Crippen LogP contribution in [0.15, 0.2) is 54.6 Å². The summed E-state index contributed by atoms with van der Waals surface area (Å²) in [7, 11) is 0. The lowest BCUT2D eigenvalue weighted by Gasteiger charge is -2.50. The number of nitrogens with zero attached hydrogens (tertiary/aromatic N) is 1. The molecule has 2 aliphatic carbocycles. The molecule has 6 heteroatoms. The van der Waals surface area contributed by atoms with Gasteiger partial charge in [0, 0.05) is 35.2 Å². The lowest BCUT2D eigenvalue weighted by molar-refractivity contribution is -0.149. The third-order valence-electron chi connectivity index (χ3n) is 7.90. The second-order valence-electron chi connectivity index (χ2n) is 10.1. The molecule has 1 heterocycles. The summed E-state index contributed by atoms with van der Waals surface area (Å²) in [4.78, 5) is 40.4. The van der Waals surface area contributed by atoms with Gasteiger partial charge in [-0.15, -0.1) is 0 Å². The van der Waals surface area contributed by atoms with Crippen molar-refractivity contribution in [3.8, 4) is 0 Å². The third kappa shape index (κ3) is 3.57. The average molecular weight is 447 g/mol. The first kappa shape index (κ1) is 21.8. The van der Waals surface area contributed by atoms with Crippen LogP contribution in [0.4, 0.5) is 5.69 Å². The molecule has 4 unspecified atom stereocenters. The minimum Gasteiger partial charge on any atom is -0.480 e. The Bertz CT molecular complexity index is 1080. The SMILES string of the molecule is CC1(NC(CC=O)(C(=O)O)C2c3ccccc3N(C(=O)c3ccccc3)C3CCCC32)CC1. The summed E-state index contributed by atoms with van der Waals surface area (Å²) in [5.41, 5.74) is 0.543. The number of rotatable bonds is 7. The van der Waals surface area contributed by atoms with Crippen LogP contribution in [-0.4, -0.2) is 40.4 Å². The van der Waals surface area contributed by atoms with Crippen LogP contribution in [0.1, 0.15) is 67.3 Å². The number of anilines is 1. The van der Waals surface area contributed by atoms with Gasteiger partial charge in [0.1, 0.15) is 11.8 Å². The molecule has 2 fully saturated rings. The van der Waals surface area contributed by atoms with Crippen LogP contribution in [0.3, 0.4) is 0 Å². The molecule has 2 aromatic rings. The van der Waals surface area contributed by atoms with Gasteiger partial charge in [0.15, 0.2) is 0 Å². The smallest absolute Gasteiger partial charge is 0.325 e. The second-order valence-corrected chi connectivity index (χ2v) is 10.1. The highest BCUT2D eigenvalue weighted by Crippen LogP contribution is 2.55. The van der Waals surface area contributed by atoms with Gasteiger partial charge in [0.25, 0.3) is 5.91 Å². The molecule has 3 aliphatic rings. The van der Waals surface area contributed by atoms with Crippen LogP contribution in [-0.2, 0) is 9.59 Å². The molecule has 6 nitrogen and oxygen atoms in total. The van der Waals surface area contributed by atoms with Crippen molar-refractivity contribution in [3.05, 3.63) is 65.7 Å². The Balaban J connectivity index is 1.67. The van der Waals surface area contributed by atoms with Crippen molar-refractivity contribution in [2.75, 3.05) is 4.90 Å². The standard InChI is InChI=1S/C27H30N2O4/c1-26(14-15-26)28-27(16-17-30,25(32)33)23-19-10-5-6-12-21(19)29(22-13-7-11-20(22)23)24(31)18-8-3-2-4-9-18/h2-6,8-10,12,17,20,22-23,28H,7,11,13-16H2,1H3,(H,32,33). The van der Waals surface area contributed by atoms with Gasteiger partial charge < -0.3 is 14.8 Å². The van der Waals surface area contributed by atoms with Gasteiger partial charge in [0.05, 0.1) is 0 Å². The first-order chi connectivity index (χ1) is 15.9. The molecule has 0 aromatic heterocycles. The Morgan fingerprint density at radius 1 is 1.12 bits per heavy atom. The number of hydrogen-bond acceptors (Lipinski definition) is 4. The van der Waals surface area contributed by atoms with Gasteiger partial charge in [-0.1, -0.05) is 42.8 Å². The summed E-state index contributed by atoms with van der Waals surface area (Å²) in [5, 5.41) is 14.0. The number of aldehydes is 1. The number of para-hydroxylation sites is 1. The van der Waals surface area contributed by atoms with Crippen molar-refractivity contribution < 1.29 is 19.5 Å². The Morgan fingerprint density at radius 3 is 2.48 bits per heavy atom. The molecule has 0 saturated heterocycles. The second kappa shape index (κ2) is 8.10. The predicted octanol–water partition coefficient (Wildman–Crippen LogP) is 4.15. The van der Waals surface area contributed by atoms with Crippen LogP contribution in [0.5, 0.6) is 0 Å². The van der Waals surface area contributed by atoms with E-state index in [1.165, 1.54) is 0 Å². The van der Waals surface area contributed by atoms with Gasteiger partial charge in [-0.25, -0.2) is 0 Å². The summed E-state index contributed by atoms with van der Waals surface area (Å²) < 4.78 is 0. The number of carbonyl (C=O) groups is 3. The van der Waals surface area contributed by atoms with E-state index in [4.69, 9.17) is 0 Å². The first-order valence-corrected chi connectivity index (χ1v) is 11.8. The number of carboxylic acid groups (broad SMARTS) is 1. The number of nitrogens with one attached hydrogen (secondary N) is 1. The highest BCUT2D eigenvalue weighted by atomic mass is 16.4. The number of aliphatic carboxylic acids is 1. The molecular formula is C27H30N2O4. The summed E-state index contributed by atoms with van der Waals surface area (Å²) >= 11 is 0. The van der Waals surface area contributed by atoms with E-state index < -0.39 is 17.4 Å². The van der Waals surface area contributed by atoms with Gasteiger partial charge in [-0.2, -0.15) is 0 Å². The van der Waals surface area contributed by atoms with E-state index in [-0.39, 0.29) is 29.8 Å². The molecule has 2 saturated carbocycles. The Morgan fingerprint density at radius 2 is 1.82 bits per heavy atom. The van der Waals surface area contributed by atoms with Crippen molar-refractivity contribution in [2.24, 2.45) is 5.92 Å². The topological polar surface area (TPSA) is 86.7 Å². The zero-order valence-corrected chi connectivity index (χ0v) is 18.9. The maximum atomic E-state index is 13.7. The van der Waals surface area contributed by atoms with E-state index in [0.29, 0.717) is 5.56 Å². The number of hydrogen-bond donors (Lipinski definition) is 2. The summed E-state index contributed by atoms with van der Waals surface area (Å²) in [6.45, 7) is 2.03. The van der Waals surface area contributed by atoms with Crippen LogP contribution in [0.2, 0.25) is 0 Å². The number of carboxylic acids is 1. The van der Waals surface area contributed by atoms with E-state index >= 15 is 0 Å². The molecule has 0 radical (unpaired) electrons. The molecule has 0 spiro atoms. The van der Waals surface area contributed by atoms with E-state index in [0.717, 1.165) is 49.6 Å². The molecule has 172 valence electrons. The van der Waals surface area contributed by atoms with Crippen LogP contribution < -0.4 is 10.2 Å². The molecule has 33 heavy (non-hydrogen) atoms. The quantitative estimate of drug-likeness (QED) is 0.624. The Kier molecular flexibility index (Phi) is 5.36. The highest BCUT2D eigenvalue weighted by Gasteiger charge is 2.59. The normalized spacial score (nSPS) is 26.6. The fraction of sp³-hybridized carbons (Fsp3) is 0.444. The fourth-order valence-electron chi connectivity index (χ4n) is 6.18. The van der Waals surface area contributed by atoms with Gasteiger partial charge in [0.2, 0.25) is 0 Å². The minimum absolute atomic E-state index is 0.0431. The molecule has 2 aromatic carbocycles. The zero-order valence-electron chi connectivity index (χ0n) is 18.9. The predicted molar refractivity (Wildman–Crippen MR) is 125 cm³/mol. The number of amides is 1. The van der Waals surface area contributed by atoms with Crippen LogP contribution in [0.25, 0.3) is 0 Å². The fourth-order valence-corrected chi connectivity index (χ4v) is 6.18. The summed E-state index contributed by atoms with van der Waals surface area (Å²) in [6.07, 6.45) is 4.99. The van der Waals surface area contributed by atoms with Crippen molar-refractivity contribution in [3.63, 3.8) is 0 Å². The maximum absolute atomic E-state index is 13.7. The van der Waals surface area contributed by atoms with Crippen molar-refractivity contribution >= 4 is 23.9 Å². The zero-order chi connectivity index (χ0) is 23.2. The number of carbonyl (C=O) groups excluding carboxylic acids is 2. The lowest BCUT2D eigenvalue weighted by atomic mass is 9.65. The summed E-state index contributed by atoms with van der Waals surface area (Å²) in [5.74, 6) is -1.49. The minimum atomic E-state index is -1.40. The van der Waals surface area contributed by atoms with Gasteiger partial charge in [-0.05, 0) is 62.3 Å². The number of fused-ring (bicyclic) bond motifs is 2. The molecule has 1 amide bonds. The van der Waals surface area contributed by atoms with Crippen LogP contribution in [0, 0.1) is 5.92 Å².